The number of nitrogens with zero attached hydrogens (tertiary/aromatic N) is 3. The summed E-state index contributed by atoms with van der Waals surface area (Å²) >= 11 is 12.1. The number of pyridine rings is 1. The number of halogens is 2. The van der Waals surface area contributed by atoms with Crippen molar-refractivity contribution in [3.05, 3.63) is 66.5 Å². The Hall–Kier alpha value is -2.42. The van der Waals surface area contributed by atoms with Gasteiger partial charge in [0.15, 0.2) is 0 Å². The van der Waals surface area contributed by atoms with E-state index in [2.05, 4.69) is 10.2 Å². The molecule has 1 fully saturated rings. The van der Waals surface area contributed by atoms with Gasteiger partial charge in [-0.2, -0.15) is 0 Å². The Labute approximate surface area is 176 Å². The second kappa shape index (κ2) is 7.78. The van der Waals surface area contributed by atoms with Gasteiger partial charge in [-0.25, -0.2) is 0 Å². The fourth-order valence-electron chi connectivity index (χ4n) is 4.29. The van der Waals surface area contributed by atoms with E-state index < -0.39 is 4.92 Å². The number of aromatic nitrogens is 1. The Morgan fingerprint density at radius 1 is 1.21 bits per heavy atom. The molecule has 2 atom stereocenters. The summed E-state index contributed by atoms with van der Waals surface area (Å²) in [6.07, 6.45) is 1.00. The highest BCUT2D eigenvalue weighted by Gasteiger charge is 2.35. The van der Waals surface area contributed by atoms with Gasteiger partial charge in [0.2, 0.25) is 5.91 Å². The van der Waals surface area contributed by atoms with Crippen molar-refractivity contribution in [2.75, 3.05) is 25.0 Å². The number of nitrogens with one attached hydrogen (secondary N) is 1. The van der Waals surface area contributed by atoms with Crippen molar-refractivity contribution in [2.45, 2.75) is 18.9 Å². The van der Waals surface area contributed by atoms with E-state index in [1.807, 2.05) is 10.6 Å². The predicted molar refractivity (Wildman–Crippen MR) is 110 cm³/mol. The van der Waals surface area contributed by atoms with Crippen LogP contribution in [0.25, 0.3) is 0 Å². The minimum Gasteiger partial charge on any atom is -0.322 e. The second-order valence-electron chi connectivity index (χ2n) is 7.48. The summed E-state index contributed by atoms with van der Waals surface area (Å²) in [5.74, 6) is 0.213. The topological polar surface area (TPSA) is 97.5 Å². The van der Waals surface area contributed by atoms with Crippen LogP contribution < -0.4 is 10.9 Å². The molecule has 0 saturated carbocycles. The number of nitro groups is 1. The Bertz CT molecular complexity index is 1030. The quantitative estimate of drug-likeness (QED) is 0.586. The molecule has 2 aliphatic heterocycles. The monoisotopic (exact) mass is 436 g/mol. The third-order valence-corrected chi connectivity index (χ3v) is 6.02. The van der Waals surface area contributed by atoms with Crippen LogP contribution in [0.1, 0.15) is 18.0 Å². The summed E-state index contributed by atoms with van der Waals surface area (Å²) in [5, 5.41) is 13.6. The van der Waals surface area contributed by atoms with E-state index in [9.17, 15) is 19.7 Å². The number of carbonyl (C=O) groups is 1. The lowest BCUT2D eigenvalue weighted by molar-refractivity contribution is -0.384. The molecule has 1 aromatic carbocycles. The second-order valence-corrected chi connectivity index (χ2v) is 8.30. The van der Waals surface area contributed by atoms with Crippen LogP contribution in [0, 0.1) is 16.0 Å². The van der Waals surface area contributed by atoms with Gasteiger partial charge in [0.1, 0.15) is 0 Å². The van der Waals surface area contributed by atoms with Crippen LogP contribution in [0.15, 0.2) is 35.1 Å². The van der Waals surface area contributed by atoms with Gasteiger partial charge in [-0.3, -0.25) is 24.6 Å². The van der Waals surface area contributed by atoms with Crippen molar-refractivity contribution >= 4 is 40.5 Å². The van der Waals surface area contributed by atoms with Crippen LogP contribution in [0.3, 0.4) is 0 Å². The SMILES string of the molecule is O=C(CN1C[C@@H]2C[C@H](C1)c1cccc(=O)n1C2)Nc1c(Cl)cc([N+](=O)[O-])cc1Cl. The summed E-state index contributed by atoms with van der Waals surface area (Å²) < 4.78 is 1.84. The number of hydrogen-bond donors (Lipinski definition) is 1. The van der Waals surface area contributed by atoms with Crippen molar-refractivity contribution < 1.29 is 9.72 Å². The normalized spacial score (nSPS) is 20.8. The predicted octanol–water partition coefficient (Wildman–Crippen LogP) is 3.12. The average molecular weight is 437 g/mol. The maximum Gasteiger partial charge on any atom is 0.272 e. The summed E-state index contributed by atoms with van der Waals surface area (Å²) in [7, 11) is 0. The lowest BCUT2D eigenvalue weighted by Gasteiger charge is -2.42. The molecule has 2 bridgehead atoms. The maximum atomic E-state index is 12.6. The third-order valence-electron chi connectivity index (χ3n) is 5.42. The zero-order valence-electron chi connectivity index (χ0n) is 15.3. The fraction of sp³-hybridized carbons (Fsp3) is 0.368. The molecule has 152 valence electrons. The number of non-ortho nitro benzene ring substituents is 1. The maximum absolute atomic E-state index is 12.6. The summed E-state index contributed by atoms with van der Waals surface area (Å²) in [5.41, 5.74) is 0.958. The van der Waals surface area contributed by atoms with Crippen LogP contribution in [0.5, 0.6) is 0 Å². The van der Waals surface area contributed by atoms with Crippen LogP contribution in [-0.4, -0.2) is 39.9 Å². The van der Waals surface area contributed by atoms with Gasteiger partial charge in [-0.15, -0.1) is 0 Å². The first kappa shape index (κ1) is 19.9. The number of amides is 1. The molecule has 1 aromatic heterocycles. The Morgan fingerprint density at radius 3 is 2.62 bits per heavy atom. The first-order valence-corrected chi connectivity index (χ1v) is 9.93. The standard InChI is InChI=1S/C19H18Cl2N4O4/c20-14-5-13(25(28)29)6-15(21)19(14)22-17(26)10-23-7-11-4-12(9-23)16-2-1-3-18(27)24(16)8-11/h1-3,5-6,11-12H,4,7-10H2,(H,22,26)/t11-,12+/m0/s1. The van der Waals surface area contributed by atoms with E-state index in [4.69, 9.17) is 23.2 Å². The number of carbonyl (C=O) groups excluding carboxylic acids is 1. The minimum absolute atomic E-state index is 0.0152. The number of hydrogen-bond acceptors (Lipinski definition) is 5. The molecule has 4 rings (SSSR count). The molecule has 1 amide bonds. The molecule has 1 saturated heterocycles. The van der Waals surface area contributed by atoms with Crippen LogP contribution >= 0.6 is 23.2 Å². The molecule has 10 heteroatoms. The summed E-state index contributed by atoms with van der Waals surface area (Å²) in [6.45, 7) is 2.19. The molecule has 3 heterocycles. The zero-order chi connectivity index (χ0) is 20.7. The van der Waals surface area contributed by atoms with Crippen molar-refractivity contribution in [1.82, 2.24) is 9.47 Å². The lowest BCUT2D eigenvalue weighted by Crippen LogP contribution is -2.49. The smallest absolute Gasteiger partial charge is 0.272 e. The van der Waals surface area contributed by atoms with E-state index in [0.717, 1.165) is 24.2 Å². The molecule has 29 heavy (non-hydrogen) atoms. The first-order valence-electron chi connectivity index (χ1n) is 9.17. The molecule has 0 aliphatic carbocycles. The minimum atomic E-state index is -0.598. The van der Waals surface area contributed by atoms with E-state index in [0.29, 0.717) is 25.6 Å². The molecule has 0 unspecified atom stereocenters. The van der Waals surface area contributed by atoms with Gasteiger partial charge in [-0.1, -0.05) is 29.3 Å². The van der Waals surface area contributed by atoms with E-state index in [1.165, 1.54) is 0 Å². The lowest BCUT2D eigenvalue weighted by atomic mass is 9.83. The zero-order valence-corrected chi connectivity index (χ0v) is 16.8. The average Bonchev–Trinajstić information content (AvgIpc) is 2.65. The third kappa shape index (κ3) is 4.01. The van der Waals surface area contributed by atoms with Gasteiger partial charge in [0.25, 0.3) is 11.2 Å². The Kier molecular flexibility index (Phi) is 5.33. The van der Waals surface area contributed by atoms with Gasteiger partial charge in [0.05, 0.1) is 27.2 Å². The molecule has 0 radical (unpaired) electrons. The van der Waals surface area contributed by atoms with Crippen molar-refractivity contribution in [2.24, 2.45) is 5.92 Å². The number of likely N-dealkylation sites (tertiary alicyclic amines) is 1. The highest BCUT2D eigenvalue weighted by molar-refractivity contribution is 6.40. The summed E-state index contributed by atoms with van der Waals surface area (Å²) in [4.78, 5) is 37.0. The van der Waals surface area contributed by atoms with E-state index >= 15 is 0 Å². The number of anilines is 1. The van der Waals surface area contributed by atoms with Crippen molar-refractivity contribution in [3.63, 3.8) is 0 Å². The van der Waals surface area contributed by atoms with E-state index in [1.54, 1.807) is 12.1 Å². The Balaban J connectivity index is 1.45. The number of benzene rings is 1. The molecular weight excluding hydrogens is 419 g/mol. The van der Waals surface area contributed by atoms with Crippen molar-refractivity contribution in [3.8, 4) is 0 Å². The molecule has 2 aliphatic rings. The highest BCUT2D eigenvalue weighted by Crippen LogP contribution is 2.36. The number of rotatable bonds is 4. The highest BCUT2D eigenvalue weighted by atomic mass is 35.5. The molecule has 1 N–H and O–H groups in total. The van der Waals surface area contributed by atoms with Gasteiger partial charge < -0.3 is 9.88 Å². The molecular formula is C19H18Cl2N4O4. The number of nitro benzene ring substituents is 1. The van der Waals surface area contributed by atoms with Gasteiger partial charge in [-0.05, 0) is 18.4 Å². The van der Waals surface area contributed by atoms with Gasteiger partial charge >= 0.3 is 0 Å². The fourth-order valence-corrected chi connectivity index (χ4v) is 4.86. The first-order chi connectivity index (χ1) is 13.8. The molecule has 0 spiro atoms. The molecule has 2 aromatic rings. The molecule has 8 nitrogen and oxygen atoms in total. The Morgan fingerprint density at radius 2 is 1.93 bits per heavy atom. The van der Waals surface area contributed by atoms with Crippen molar-refractivity contribution in [1.29, 1.82) is 0 Å². The van der Waals surface area contributed by atoms with Gasteiger partial charge in [0, 0.05) is 49.4 Å². The van der Waals surface area contributed by atoms with Crippen LogP contribution in [0.4, 0.5) is 11.4 Å². The van der Waals surface area contributed by atoms with Crippen LogP contribution in [0.2, 0.25) is 10.0 Å². The van der Waals surface area contributed by atoms with E-state index in [-0.39, 0.29) is 45.3 Å². The summed E-state index contributed by atoms with van der Waals surface area (Å²) in [6, 6.07) is 7.64. The number of piperidine rings is 1. The largest absolute Gasteiger partial charge is 0.322 e. The number of fused-ring (bicyclic) bond motifs is 4. The van der Waals surface area contributed by atoms with Crippen LogP contribution in [-0.2, 0) is 11.3 Å².